The Hall–Kier alpha value is -1.30. The molecule has 0 aliphatic carbocycles. The highest BCUT2D eigenvalue weighted by molar-refractivity contribution is 5.75. The van der Waals surface area contributed by atoms with E-state index >= 15 is 0 Å². The maximum Gasteiger partial charge on any atom is 0.323 e. The molecule has 0 spiro atoms. The van der Waals surface area contributed by atoms with Crippen LogP contribution in [-0.4, -0.2) is 11.6 Å². The van der Waals surface area contributed by atoms with Gasteiger partial charge in [-0.3, -0.25) is 4.79 Å². The number of esters is 1. The minimum absolute atomic E-state index is 0.443. The molecule has 3 heteroatoms. The first-order valence-electron chi connectivity index (χ1n) is 4.64. The topological polar surface area (TPSA) is 50.1 Å². The highest BCUT2D eigenvalue weighted by Gasteiger charge is 2.24. The molecule has 78 valence electrons. The molecule has 0 rings (SSSR count). The van der Waals surface area contributed by atoms with Gasteiger partial charge in [0.1, 0.15) is 11.5 Å². The van der Waals surface area contributed by atoms with E-state index in [1.54, 1.807) is 26.8 Å². The number of carbonyl (C=O) groups excluding carboxylic acids is 1. The lowest BCUT2D eigenvalue weighted by Crippen LogP contribution is -2.28. The van der Waals surface area contributed by atoms with Crippen LogP contribution in [0.3, 0.4) is 0 Å². The summed E-state index contributed by atoms with van der Waals surface area (Å²) in [6.45, 7) is 8.89. The number of allylic oxidation sites excluding steroid dienone is 1. The second kappa shape index (κ2) is 5.43. The van der Waals surface area contributed by atoms with Crippen LogP contribution in [0.4, 0.5) is 0 Å². The standard InChI is InChI=1S/C11H17NO2/c1-5-6-7-9(8-12)10(13)14-11(2,3)4/h5,9H,1,6-7H2,2-4H3. The van der Waals surface area contributed by atoms with Crippen LogP contribution >= 0.6 is 0 Å². The van der Waals surface area contributed by atoms with Gasteiger partial charge in [-0.05, 0) is 33.6 Å². The lowest BCUT2D eigenvalue weighted by Gasteiger charge is -2.21. The van der Waals surface area contributed by atoms with Gasteiger partial charge in [-0.15, -0.1) is 6.58 Å². The van der Waals surface area contributed by atoms with Gasteiger partial charge >= 0.3 is 5.97 Å². The normalized spacial score (nSPS) is 12.7. The predicted molar refractivity (Wildman–Crippen MR) is 54.4 cm³/mol. The van der Waals surface area contributed by atoms with Crippen molar-refractivity contribution in [2.24, 2.45) is 5.92 Å². The summed E-state index contributed by atoms with van der Waals surface area (Å²) in [5.41, 5.74) is -0.527. The van der Waals surface area contributed by atoms with Gasteiger partial charge < -0.3 is 4.74 Å². The van der Waals surface area contributed by atoms with E-state index in [2.05, 4.69) is 6.58 Å². The molecule has 0 aromatic heterocycles. The molecule has 0 heterocycles. The van der Waals surface area contributed by atoms with E-state index in [0.717, 1.165) is 0 Å². The van der Waals surface area contributed by atoms with Gasteiger partial charge in [-0.25, -0.2) is 0 Å². The minimum Gasteiger partial charge on any atom is -0.459 e. The van der Waals surface area contributed by atoms with Crippen molar-refractivity contribution < 1.29 is 9.53 Å². The zero-order valence-electron chi connectivity index (χ0n) is 9.04. The Morgan fingerprint density at radius 2 is 2.21 bits per heavy atom. The molecule has 0 aromatic rings. The Morgan fingerprint density at radius 3 is 2.57 bits per heavy atom. The first kappa shape index (κ1) is 12.7. The Bertz CT molecular complexity index is 245. The average Bonchev–Trinajstić information content (AvgIpc) is 2.02. The molecule has 0 aliphatic heterocycles. The molecule has 0 aromatic carbocycles. The second-order valence-electron chi connectivity index (χ2n) is 4.08. The van der Waals surface area contributed by atoms with E-state index in [1.807, 2.05) is 6.07 Å². The molecular formula is C11H17NO2. The smallest absolute Gasteiger partial charge is 0.323 e. The Balaban J connectivity index is 4.20. The number of carbonyl (C=O) groups is 1. The van der Waals surface area contributed by atoms with Crippen LogP contribution in [0.15, 0.2) is 12.7 Å². The fraction of sp³-hybridized carbons (Fsp3) is 0.636. The van der Waals surface area contributed by atoms with Gasteiger partial charge in [0.05, 0.1) is 6.07 Å². The SMILES string of the molecule is C=CCCC(C#N)C(=O)OC(C)(C)C. The molecule has 1 unspecified atom stereocenters. The van der Waals surface area contributed by atoms with Crippen molar-refractivity contribution in [2.45, 2.75) is 39.2 Å². The van der Waals surface area contributed by atoms with Gasteiger partial charge in [0, 0.05) is 0 Å². The molecule has 0 fully saturated rings. The van der Waals surface area contributed by atoms with Gasteiger partial charge in [0.2, 0.25) is 0 Å². The summed E-state index contributed by atoms with van der Waals surface area (Å²) >= 11 is 0. The summed E-state index contributed by atoms with van der Waals surface area (Å²) in [5, 5.41) is 8.73. The van der Waals surface area contributed by atoms with Gasteiger partial charge in [0.15, 0.2) is 0 Å². The summed E-state index contributed by atoms with van der Waals surface area (Å²) in [6.07, 6.45) is 2.82. The first-order valence-corrected chi connectivity index (χ1v) is 4.64. The van der Waals surface area contributed by atoms with Gasteiger partial charge in [0.25, 0.3) is 0 Å². The zero-order chi connectivity index (χ0) is 11.2. The molecule has 0 bridgehead atoms. The van der Waals surface area contributed by atoms with Crippen LogP contribution in [-0.2, 0) is 9.53 Å². The third-order valence-corrected chi connectivity index (χ3v) is 1.51. The van der Waals surface area contributed by atoms with Crippen LogP contribution in [0.2, 0.25) is 0 Å². The number of hydrogen-bond acceptors (Lipinski definition) is 3. The highest BCUT2D eigenvalue weighted by Crippen LogP contribution is 2.14. The maximum absolute atomic E-state index is 11.4. The van der Waals surface area contributed by atoms with Crippen molar-refractivity contribution in [1.82, 2.24) is 0 Å². The fourth-order valence-corrected chi connectivity index (χ4v) is 0.893. The largest absolute Gasteiger partial charge is 0.459 e. The maximum atomic E-state index is 11.4. The van der Waals surface area contributed by atoms with E-state index in [0.29, 0.717) is 12.8 Å². The van der Waals surface area contributed by atoms with Crippen molar-refractivity contribution in [3.05, 3.63) is 12.7 Å². The summed E-state index contributed by atoms with van der Waals surface area (Å²) < 4.78 is 5.09. The van der Waals surface area contributed by atoms with E-state index in [9.17, 15) is 4.79 Å². The monoisotopic (exact) mass is 195 g/mol. The molecule has 0 saturated carbocycles. The van der Waals surface area contributed by atoms with Crippen LogP contribution in [0.25, 0.3) is 0 Å². The Kier molecular flexibility index (Phi) is 4.93. The predicted octanol–water partition coefficient (Wildman–Crippen LogP) is 2.43. The van der Waals surface area contributed by atoms with Crippen molar-refractivity contribution in [3.63, 3.8) is 0 Å². The Morgan fingerprint density at radius 1 is 1.64 bits per heavy atom. The molecule has 14 heavy (non-hydrogen) atoms. The highest BCUT2D eigenvalue weighted by atomic mass is 16.6. The van der Waals surface area contributed by atoms with Crippen molar-refractivity contribution in [2.75, 3.05) is 0 Å². The Labute approximate surface area is 85.4 Å². The van der Waals surface area contributed by atoms with Crippen LogP contribution in [0.1, 0.15) is 33.6 Å². The van der Waals surface area contributed by atoms with E-state index in [-0.39, 0.29) is 0 Å². The molecular weight excluding hydrogens is 178 g/mol. The summed E-state index contributed by atoms with van der Waals surface area (Å²) in [5.74, 6) is -1.12. The molecule has 3 nitrogen and oxygen atoms in total. The van der Waals surface area contributed by atoms with Crippen molar-refractivity contribution >= 4 is 5.97 Å². The average molecular weight is 195 g/mol. The van der Waals surface area contributed by atoms with Crippen LogP contribution in [0.5, 0.6) is 0 Å². The quantitative estimate of drug-likeness (QED) is 0.511. The lowest BCUT2D eigenvalue weighted by molar-refractivity contribution is -0.158. The number of rotatable bonds is 4. The zero-order valence-corrected chi connectivity index (χ0v) is 9.04. The van der Waals surface area contributed by atoms with Gasteiger partial charge in [-0.2, -0.15) is 5.26 Å². The lowest BCUT2D eigenvalue weighted by atomic mass is 10.0. The van der Waals surface area contributed by atoms with Crippen LogP contribution < -0.4 is 0 Å². The number of ether oxygens (including phenoxy) is 1. The third kappa shape index (κ3) is 5.36. The minimum atomic E-state index is -0.674. The first-order chi connectivity index (χ1) is 6.40. The molecule has 1 atom stereocenters. The van der Waals surface area contributed by atoms with Crippen LogP contribution in [0, 0.1) is 17.2 Å². The second-order valence-corrected chi connectivity index (χ2v) is 4.08. The number of hydrogen-bond donors (Lipinski definition) is 0. The van der Waals surface area contributed by atoms with E-state index < -0.39 is 17.5 Å². The number of nitrogens with zero attached hydrogens (tertiary/aromatic N) is 1. The summed E-state index contributed by atoms with van der Waals surface area (Å²) in [7, 11) is 0. The molecule has 0 radical (unpaired) electrons. The van der Waals surface area contributed by atoms with E-state index in [4.69, 9.17) is 10.00 Å². The van der Waals surface area contributed by atoms with Crippen molar-refractivity contribution in [3.8, 4) is 6.07 Å². The third-order valence-electron chi connectivity index (χ3n) is 1.51. The van der Waals surface area contributed by atoms with E-state index in [1.165, 1.54) is 0 Å². The fourth-order valence-electron chi connectivity index (χ4n) is 0.893. The summed E-state index contributed by atoms with van der Waals surface area (Å²) in [4.78, 5) is 11.4. The molecule has 0 amide bonds. The van der Waals surface area contributed by atoms with Gasteiger partial charge in [-0.1, -0.05) is 6.08 Å². The van der Waals surface area contributed by atoms with Crippen molar-refractivity contribution in [1.29, 1.82) is 5.26 Å². The molecule has 0 aliphatic rings. The molecule has 0 saturated heterocycles. The molecule has 0 N–H and O–H groups in total. The number of nitriles is 1. The summed E-state index contributed by atoms with van der Waals surface area (Å²) in [6, 6.07) is 1.94.